The molecule has 0 aliphatic heterocycles. The number of carbonyl (C=O) groups excluding carboxylic acids is 2. The molecule has 1 heterocycles. The summed E-state index contributed by atoms with van der Waals surface area (Å²) in [4.78, 5) is 24.8. The first-order valence-electron chi connectivity index (χ1n) is 8.69. The Bertz CT molecular complexity index is 946. The summed E-state index contributed by atoms with van der Waals surface area (Å²) >= 11 is 6.51. The van der Waals surface area contributed by atoms with Crippen molar-refractivity contribution in [1.82, 2.24) is 10.7 Å². The van der Waals surface area contributed by atoms with E-state index in [1.54, 1.807) is 6.07 Å². The quantitative estimate of drug-likeness (QED) is 0.363. The number of nitrogens with one attached hydrogen (secondary N) is 2. The van der Waals surface area contributed by atoms with E-state index in [1.165, 1.54) is 6.21 Å². The third kappa shape index (κ3) is 5.88. The molecule has 2 amide bonds. The summed E-state index contributed by atoms with van der Waals surface area (Å²) in [6, 6.07) is 20.6. The van der Waals surface area contributed by atoms with Crippen molar-refractivity contribution < 1.29 is 14.0 Å². The minimum absolute atomic E-state index is 0.197. The van der Waals surface area contributed by atoms with Gasteiger partial charge in [0.1, 0.15) is 5.76 Å². The molecule has 3 aromatic rings. The van der Waals surface area contributed by atoms with Crippen LogP contribution in [0.2, 0.25) is 0 Å². The lowest BCUT2D eigenvalue weighted by Crippen LogP contribution is -2.37. The van der Waals surface area contributed by atoms with Gasteiger partial charge in [-0.1, -0.05) is 60.7 Å². The molecule has 3 rings (SSSR count). The van der Waals surface area contributed by atoms with E-state index in [1.807, 2.05) is 60.7 Å². The molecule has 0 atom stereocenters. The van der Waals surface area contributed by atoms with E-state index in [2.05, 4.69) is 47.7 Å². The average molecular weight is 519 g/mol. The second kappa shape index (κ2) is 10.2. The molecule has 0 fully saturated rings. The molecule has 0 radical (unpaired) electrons. The molecular formula is C21H17Br2N3O3. The van der Waals surface area contributed by atoms with Crippen LogP contribution in [0.1, 0.15) is 22.8 Å². The van der Waals surface area contributed by atoms with Gasteiger partial charge in [0, 0.05) is 6.07 Å². The van der Waals surface area contributed by atoms with Gasteiger partial charge in [0.05, 0.1) is 23.1 Å². The SMILES string of the molecule is O=C(CNC(=O)C(c1ccccc1)c1ccccc1)NN=Cc1cc(Br)c(Br)o1. The van der Waals surface area contributed by atoms with Crippen molar-refractivity contribution in [2.45, 2.75) is 5.92 Å². The van der Waals surface area contributed by atoms with Crippen LogP contribution in [-0.2, 0) is 9.59 Å². The average Bonchev–Trinajstić information content (AvgIpc) is 3.05. The highest BCUT2D eigenvalue weighted by atomic mass is 79.9. The zero-order valence-electron chi connectivity index (χ0n) is 15.1. The largest absolute Gasteiger partial charge is 0.447 e. The maximum Gasteiger partial charge on any atom is 0.259 e. The Labute approximate surface area is 184 Å². The summed E-state index contributed by atoms with van der Waals surface area (Å²) in [7, 11) is 0. The number of hydrogen-bond acceptors (Lipinski definition) is 4. The summed E-state index contributed by atoms with van der Waals surface area (Å²) < 4.78 is 6.60. The third-order valence-electron chi connectivity index (χ3n) is 4.00. The molecular weight excluding hydrogens is 502 g/mol. The first-order chi connectivity index (χ1) is 14.0. The van der Waals surface area contributed by atoms with Crippen LogP contribution in [0.25, 0.3) is 0 Å². The normalized spacial score (nSPS) is 11.0. The molecule has 0 bridgehead atoms. The number of hydrazone groups is 1. The van der Waals surface area contributed by atoms with Crippen LogP contribution in [0.3, 0.4) is 0 Å². The molecule has 0 saturated carbocycles. The van der Waals surface area contributed by atoms with E-state index in [4.69, 9.17) is 4.42 Å². The van der Waals surface area contributed by atoms with Gasteiger partial charge in [-0.15, -0.1) is 0 Å². The van der Waals surface area contributed by atoms with Gasteiger partial charge in [-0.3, -0.25) is 9.59 Å². The van der Waals surface area contributed by atoms with Crippen LogP contribution in [0.4, 0.5) is 0 Å². The first kappa shape index (κ1) is 21.0. The van der Waals surface area contributed by atoms with Gasteiger partial charge < -0.3 is 9.73 Å². The van der Waals surface area contributed by atoms with Crippen LogP contribution in [-0.4, -0.2) is 24.6 Å². The monoisotopic (exact) mass is 517 g/mol. The number of nitrogens with zero attached hydrogens (tertiary/aromatic N) is 1. The molecule has 2 aromatic carbocycles. The summed E-state index contributed by atoms with van der Waals surface area (Å²) in [5.74, 6) is -0.757. The van der Waals surface area contributed by atoms with E-state index in [9.17, 15) is 9.59 Å². The van der Waals surface area contributed by atoms with E-state index in [0.717, 1.165) is 15.6 Å². The Morgan fingerprint density at radius 1 is 1.00 bits per heavy atom. The van der Waals surface area contributed by atoms with E-state index in [0.29, 0.717) is 10.4 Å². The lowest BCUT2D eigenvalue weighted by Gasteiger charge is -2.17. The molecule has 29 heavy (non-hydrogen) atoms. The fourth-order valence-corrected chi connectivity index (χ4v) is 3.30. The Morgan fingerprint density at radius 3 is 2.10 bits per heavy atom. The zero-order valence-corrected chi connectivity index (χ0v) is 18.3. The van der Waals surface area contributed by atoms with E-state index in [-0.39, 0.29) is 12.5 Å². The molecule has 1 aromatic heterocycles. The third-order valence-corrected chi connectivity index (χ3v) is 5.71. The maximum atomic E-state index is 12.8. The summed E-state index contributed by atoms with van der Waals surface area (Å²) in [6.07, 6.45) is 1.37. The summed E-state index contributed by atoms with van der Waals surface area (Å²) in [5, 5.41) is 6.50. The number of amides is 2. The van der Waals surface area contributed by atoms with Crippen molar-refractivity contribution in [2.24, 2.45) is 5.10 Å². The number of halogens is 2. The van der Waals surface area contributed by atoms with Crippen LogP contribution < -0.4 is 10.7 Å². The molecule has 0 spiro atoms. The summed E-state index contributed by atoms with van der Waals surface area (Å²) in [6.45, 7) is -0.197. The van der Waals surface area contributed by atoms with Gasteiger partial charge in [0.15, 0.2) is 4.67 Å². The standard InChI is InChI=1S/C21H17Br2N3O3/c22-17-11-16(29-20(17)23)12-25-26-18(27)13-24-21(28)19(14-7-3-1-4-8-14)15-9-5-2-6-10-15/h1-12,19H,13H2,(H,24,28)(H,26,27). The molecule has 0 aliphatic carbocycles. The lowest BCUT2D eigenvalue weighted by molar-refractivity contribution is -0.126. The molecule has 6 nitrogen and oxygen atoms in total. The van der Waals surface area contributed by atoms with Crippen molar-refractivity contribution >= 4 is 49.9 Å². The first-order valence-corrected chi connectivity index (χ1v) is 10.3. The minimum atomic E-state index is -0.508. The predicted molar refractivity (Wildman–Crippen MR) is 118 cm³/mol. The van der Waals surface area contributed by atoms with E-state index >= 15 is 0 Å². The topological polar surface area (TPSA) is 83.7 Å². The molecule has 0 saturated heterocycles. The molecule has 148 valence electrons. The zero-order chi connectivity index (χ0) is 20.6. The molecule has 2 N–H and O–H groups in total. The highest BCUT2D eigenvalue weighted by molar-refractivity contribution is 9.13. The Morgan fingerprint density at radius 2 is 1.59 bits per heavy atom. The minimum Gasteiger partial charge on any atom is -0.447 e. The van der Waals surface area contributed by atoms with Crippen molar-refractivity contribution in [3.63, 3.8) is 0 Å². The second-order valence-corrected chi connectivity index (χ2v) is 7.61. The molecule has 8 heteroatoms. The maximum absolute atomic E-state index is 12.8. The number of furan rings is 1. The fraction of sp³-hybridized carbons (Fsp3) is 0.0952. The fourth-order valence-electron chi connectivity index (χ4n) is 2.69. The van der Waals surface area contributed by atoms with Gasteiger partial charge in [-0.2, -0.15) is 5.10 Å². The Kier molecular flexibility index (Phi) is 7.37. The molecule has 0 unspecified atom stereocenters. The van der Waals surface area contributed by atoms with E-state index < -0.39 is 11.8 Å². The number of hydrogen-bond donors (Lipinski definition) is 2. The Balaban J connectivity index is 1.60. The van der Waals surface area contributed by atoms with Gasteiger partial charge in [-0.25, -0.2) is 5.43 Å². The van der Waals surface area contributed by atoms with Gasteiger partial charge >= 0.3 is 0 Å². The number of carbonyl (C=O) groups is 2. The van der Waals surface area contributed by atoms with Crippen LogP contribution in [0, 0.1) is 0 Å². The smallest absolute Gasteiger partial charge is 0.259 e. The van der Waals surface area contributed by atoms with Gasteiger partial charge in [0.25, 0.3) is 5.91 Å². The highest BCUT2D eigenvalue weighted by Gasteiger charge is 2.22. The summed E-state index contributed by atoms with van der Waals surface area (Å²) in [5.41, 5.74) is 4.06. The van der Waals surface area contributed by atoms with Crippen molar-refractivity contribution in [3.05, 3.63) is 92.8 Å². The lowest BCUT2D eigenvalue weighted by atomic mass is 9.90. The van der Waals surface area contributed by atoms with Crippen molar-refractivity contribution in [3.8, 4) is 0 Å². The number of benzene rings is 2. The van der Waals surface area contributed by atoms with Crippen LogP contribution >= 0.6 is 31.9 Å². The van der Waals surface area contributed by atoms with Gasteiger partial charge in [-0.05, 0) is 43.0 Å². The van der Waals surface area contributed by atoms with Crippen LogP contribution in [0.15, 0.2) is 85.4 Å². The number of rotatable bonds is 7. The van der Waals surface area contributed by atoms with Crippen molar-refractivity contribution in [1.29, 1.82) is 0 Å². The molecule has 0 aliphatic rings. The Hall–Kier alpha value is -2.71. The highest BCUT2D eigenvalue weighted by Crippen LogP contribution is 2.26. The second-order valence-electron chi connectivity index (χ2n) is 6.04. The van der Waals surface area contributed by atoms with Gasteiger partial charge in [0.2, 0.25) is 5.91 Å². The predicted octanol–water partition coefficient (Wildman–Crippen LogP) is 4.20. The van der Waals surface area contributed by atoms with Crippen LogP contribution in [0.5, 0.6) is 0 Å². The van der Waals surface area contributed by atoms with Crippen molar-refractivity contribution in [2.75, 3.05) is 6.54 Å².